The molecule has 0 atom stereocenters. The summed E-state index contributed by atoms with van der Waals surface area (Å²) in [6, 6.07) is 5.07. The minimum absolute atomic E-state index is 0.0432. The Morgan fingerprint density at radius 2 is 2.00 bits per heavy atom. The van der Waals surface area contributed by atoms with E-state index in [-0.39, 0.29) is 5.96 Å². The molecule has 0 aromatic heterocycles. The number of nitrogens with zero attached hydrogens (tertiary/aromatic N) is 1. The third-order valence-corrected chi connectivity index (χ3v) is 2.39. The van der Waals surface area contributed by atoms with E-state index >= 15 is 0 Å². The van der Waals surface area contributed by atoms with Gasteiger partial charge in [-0.05, 0) is 18.2 Å². The zero-order valence-electron chi connectivity index (χ0n) is 7.01. The minimum Gasteiger partial charge on any atom is -0.370 e. The maximum atomic E-state index is 7.19. The van der Waals surface area contributed by atoms with Crippen LogP contribution in [0.3, 0.4) is 0 Å². The lowest BCUT2D eigenvalue weighted by Gasteiger charge is -2.16. The molecule has 0 unspecified atom stereocenters. The SMILES string of the molecule is CN(C(=N)N)c1ccc(Cl)c(Cl)c1. The minimum atomic E-state index is -0.0432. The van der Waals surface area contributed by atoms with Crippen LogP contribution in [-0.2, 0) is 0 Å². The molecule has 3 N–H and O–H groups in total. The average molecular weight is 218 g/mol. The van der Waals surface area contributed by atoms with Gasteiger partial charge in [-0.25, -0.2) is 0 Å². The molecule has 0 amide bonds. The Hall–Kier alpha value is -0.930. The van der Waals surface area contributed by atoms with Crippen molar-refractivity contribution in [3.05, 3.63) is 28.2 Å². The highest BCUT2D eigenvalue weighted by atomic mass is 35.5. The van der Waals surface area contributed by atoms with Crippen LogP contribution >= 0.6 is 23.2 Å². The van der Waals surface area contributed by atoms with Crippen molar-refractivity contribution in [2.75, 3.05) is 11.9 Å². The molecule has 0 saturated heterocycles. The molecule has 0 heterocycles. The zero-order chi connectivity index (χ0) is 10.0. The first-order valence-corrected chi connectivity index (χ1v) is 4.31. The van der Waals surface area contributed by atoms with Gasteiger partial charge in [0.1, 0.15) is 0 Å². The molecule has 3 nitrogen and oxygen atoms in total. The van der Waals surface area contributed by atoms with Crippen molar-refractivity contribution in [1.29, 1.82) is 5.41 Å². The first-order valence-electron chi connectivity index (χ1n) is 3.55. The quantitative estimate of drug-likeness (QED) is 0.561. The van der Waals surface area contributed by atoms with E-state index in [0.717, 1.165) is 5.69 Å². The maximum Gasteiger partial charge on any atom is 0.192 e. The lowest BCUT2D eigenvalue weighted by Crippen LogP contribution is -2.32. The Balaban J connectivity index is 3.03. The van der Waals surface area contributed by atoms with E-state index in [4.69, 9.17) is 34.3 Å². The van der Waals surface area contributed by atoms with Crippen LogP contribution in [0.25, 0.3) is 0 Å². The molecule has 0 aliphatic rings. The second-order valence-corrected chi connectivity index (χ2v) is 3.36. The van der Waals surface area contributed by atoms with Gasteiger partial charge in [0.2, 0.25) is 0 Å². The van der Waals surface area contributed by atoms with Gasteiger partial charge in [0.05, 0.1) is 10.0 Å². The molecule has 1 aromatic rings. The number of benzene rings is 1. The van der Waals surface area contributed by atoms with Gasteiger partial charge in [-0.3, -0.25) is 5.41 Å². The van der Waals surface area contributed by atoms with E-state index in [1.54, 1.807) is 25.2 Å². The van der Waals surface area contributed by atoms with Crippen molar-refractivity contribution in [3.8, 4) is 0 Å². The lowest BCUT2D eigenvalue weighted by molar-refractivity contribution is 1.20. The molecule has 13 heavy (non-hydrogen) atoms. The largest absolute Gasteiger partial charge is 0.370 e. The Kier molecular flexibility index (Phi) is 3.01. The molecule has 1 rings (SSSR count). The maximum absolute atomic E-state index is 7.19. The Labute approximate surface area is 86.6 Å². The smallest absolute Gasteiger partial charge is 0.192 e. The fourth-order valence-electron chi connectivity index (χ4n) is 0.833. The molecular weight excluding hydrogens is 209 g/mol. The molecule has 0 radical (unpaired) electrons. The average Bonchev–Trinajstić information content (AvgIpc) is 2.08. The molecule has 0 aliphatic carbocycles. The highest BCUT2D eigenvalue weighted by molar-refractivity contribution is 6.42. The molecule has 0 spiro atoms. The Bertz CT molecular complexity index is 338. The highest BCUT2D eigenvalue weighted by Gasteiger charge is 2.05. The van der Waals surface area contributed by atoms with Crippen molar-refractivity contribution in [1.82, 2.24) is 0 Å². The van der Waals surface area contributed by atoms with Crippen LogP contribution in [0.2, 0.25) is 10.0 Å². The highest BCUT2D eigenvalue weighted by Crippen LogP contribution is 2.26. The van der Waals surface area contributed by atoms with Crippen LogP contribution in [-0.4, -0.2) is 13.0 Å². The number of hydrogen-bond donors (Lipinski definition) is 2. The molecular formula is C8H9Cl2N3. The summed E-state index contributed by atoms with van der Waals surface area (Å²) in [5.41, 5.74) is 6.03. The summed E-state index contributed by atoms with van der Waals surface area (Å²) in [7, 11) is 1.68. The van der Waals surface area contributed by atoms with Crippen LogP contribution in [0.5, 0.6) is 0 Å². The molecule has 0 bridgehead atoms. The summed E-state index contributed by atoms with van der Waals surface area (Å²) in [5.74, 6) is -0.0432. The Morgan fingerprint density at radius 3 is 2.46 bits per heavy atom. The molecule has 0 fully saturated rings. The monoisotopic (exact) mass is 217 g/mol. The van der Waals surface area contributed by atoms with E-state index in [9.17, 15) is 0 Å². The van der Waals surface area contributed by atoms with Crippen LogP contribution in [0.1, 0.15) is 0 Å². The third-order valence-electron chi connectivity index (χ3n) is 1.65. The Morgan fingerprint density at radius 1 is 1.38 bits per heavy atom. The van der Waals surface area contributed by atoms with Gasteiger partial charge in [-0.2, -0.15) is 0 Å². The van der Waals surface area contributed by atoms with Crippen molar-refractivity contribution >= 4 is 34.8 Å². The number of guanidine groups is 1. The van der Waals surface area contributed by atoms with Crippen molar-refractivity contribution in [3.63, 3.8) is 0 Å². The number of hydrogen-bond acceptors (Lipinski definition) is 1. The van der Waals surface area contributed by atoms with Gasteiger partial charge in [0, 0.05) is 12.7 Å². The normalized spacial score (nSPS) is 9.77. The van der Waals surface area contributed by atoms with Crippen LogP contribution in [0.15, 0.2) is 18.2 Å². The summed E-state index contributed by atoms with van der Waals surface area (Å²) in [6.45, 7) is 0. The molecule has 70 valence electrons. The predicted octanol–water partition coefficient (Wildman–Crippen LogP) is 2.32. The first-order chi connectivity index (χ1) is 6.02. The zero-order valence-corrected chi connectivity index (χ0v) is 8.52. The van der Waals surface area contributed by atoms with Gasteiger partial charge in [0.25, 0.3) is 0 Å². The van der Waals surface area contributed by atoms with Gasteiger partial charge in [0.15, 0.2) is 5.96 Å². The van der Waals surface area contributed by atoms with Crippen LogP contribution < -0.4 is 10.6 Å². The molecule has 5 heteroatoms. The van der Waals surface area contributed by atoms with Crippen LogP contribution in [0, 0.1) is 5.41 Å². The van der Waals surface area contributed by atoms with Crippen molar-refractivity contribution < 1.29 is 0 Å². The van der Waals surface area contributed by atoms with Gasteiger partial charge in [-0.15, -0.1) is 0 Å². The van der Waals surface area contributed by atoms with E-state index in [1.165, 1.54) is 4.90 Å². The van der Waals surface area contributed by atoms with Gasteiger partial charge < -0.3 is 10.6 Å². The lowest BCUT2D eigenvalue weighted by atomic mass is 10.3. The summed E-state index contributed by atoms with van der Waals surface area (Å²) in [4.78, 5) is 1.50. The standard InChI is InChI=1S/C8H9Cl2N3/c1-13(8(11)12)5-2-3-6(9)7(10)4-5/h2-4H,1H3,(H3,11,12). The fourth-order valence-corrected chi connectivity index (χ4v) is 1.13. The number of anilines is 1. The van der Waals surface area contributed by atoms with E-state index < -0.39 is 0 Å². The summed E-state index contributed by atoms with van der Waals surface area (Å²) in [5, 5.41) is 8.13. The van der Waals surface area contributed by atoms with E-state index in [0.29, 0.717) is 10.0 Å². The summed E-state index contributed by atoms with van der Waals surface area (Å²) >= 11 is 11.5. The van der Waals surface area contributed by atoms with Crippen molar-refractivity contribution in [2.45, 2.75) is 0 Å². The molecule has 0 saturated carbocycles. The van der Waals surface area contributed by atoms with Gasteiger partial charge in [-0.1, -0.05) is 23.2 Å². The number of rotatable bonds is 1. The van der Waals surface area contributed by atoms with Crippen molar-refractivity contribution in [2.24, 2.45) is 5.73 Å². The second-order valence-electron chi connectivity index (χ2n) is 2.54. The van der Waals surface area contributed by atoms with E-state index in [2.05, 4.69) is 0 Å². The summed E-state index contributed by atoms with van der Waals surface area (Å²) < 4.78 is 0. The predicted molar refractivity (Wildman–Crippen MR) is 56.8 cm³/mol. The first kappa shape index (κ1) is 10.2. The van der Waals surface area contributed by atoms with Gasteiger partial charge >= 0.3 is 0 Å². The topological polar surface area (TPSA) is 53.1 Å². The third kappa shape index (κ3) is 2.26. The fraction of sp³-hybridized carbons (Fsp3) is 0.125. The second kappa shape index (κ2) is 3.85. The molecule has 1 aromatic carbocycles. The molecule has 0 aliphatic heterocycles. The summed E-state index contributed by atoms with van der Waals surface area (Å²) in [6.07, 6.45) is 0. The number of halogens is 2. The van der Waals surface area contributed by atoms with E-state index in [1.807, 2.05) is 0 Å². The number of nitrogens with two attached hydrogens (primary N) is 1. The number of nitrogens with one attached hydrogen (secondary N) is 1. The van der Waals surface area contributed by atoms with Crippen LogP contribution in [0.4, 0.5) is 5.69 Å².